The van der Waals surface area contributed by atoms with Crippen molar-refractivity contribution in [3.05, 3.63) is 82.6 Å². The fourth-order valence-electron chi connectivity index (χ4n) is 2.69. The monoisotopic (exact) mass is 448 g/mol. The summed E-state index contributed by atoms with van der Waals surface area (Å²) < 4.78 is 46.7. The second kappa shape index (κ2) is 8.73. The Labute approximate surface area is 178 Å². The number of sulfonamides is 1. The molecule has 0 unspecified atom stereocenters. The van der Waals surface area contributed by atoms with E-state index in [1.54, 1.807) is 13.0 Å². The minimum atomic E-state index is -4.04. The predicted octanol–water partition coefficient (Wildman–Crippen LogP) is 4.85. The highest BCUT2D eigenvalue weighted by Crippen LogP contribution is 2.30. The molecular formula is C21H18ClFN2O4S. The highest BCUT2D eigenvalue weighted by molar-refractivity contribution is 7.92. The average Bonchev–Trinajstić information content (AvgIpc) is 2.71. The number of ether oxygens (including phenoxy) is 1. The van der Waals surface area contributed by atoms with E-state index in [4.69, 9.17) is 16.3 Å². The maximum Gasteiger partial charge on any atom is 0.262 e. The van der Waals surface area contributed by atoms with Crippen LogP contribution in [0.25, 0.3) is 0 Å². The van der Waals surface area contributed by atoms with Gasteiger partial charge in [-0.2, -0.15) is 0 Å². The van der Waals surface area contributed by atoms with E-state index in [1.165, 1.54) is 61.7 Å². The molecule has 0 atom stereocenters. The lowest BCUT2D eigenvalue weighted by Crippen LogP contribution is -2.16. The number of aryl methyl sites for hydroxylation is 1. The van der Waals surface area contributed by atoms with Crippen LogP contribution < -0.4 is 14.8 Å². The summed E-state index contributed by atoms with van der Waals surface area (Å²) in [5, 5.41) is 2.92. The molecule has 0 radical (unpaired) electrons. The van der Waals surface area contributed by atoms with Crippen LogP contribution in [0.1, 0.15) is 15.9 Å². The minimum absolute atomic E-state index is 0.0968. The van der Waals surface area contributed by atoms with Crippen molar-refractivity contribution in [2.75, 3.05) is 17.1 Å². The Kier molecular flexibility index (Phi) is 6.28. The Morgan fingerprint density at radius 3 is 2.53 bits per heavy atom. The Balaban J connectivity index is 1.88. The molecule has 0 saturated heterocycles. The smallest absolute Gasteiger partial charge is 0.262 e. The van der Waals surface area contributed by atoms with E-state index in [0.29, 0.717) is 22.0 Å². The van der Waals surface area contributed by atoms with Crippen molar-refractivity contribution in [1.29, 1.82) is 0 Å². The molecule has 0 heterocycles. The number of amides is 1. The van der Waals surface area contributed by atoms with E-state index in [1.807, 2.05) is 0 Å². The first-order valence-electron chi connectivity index (χ1n) is 8.73. The molecule has 1 amide bonds. The minimum Gasteiger partial charge on any atom is -0.495 e. The molecule has 0 aliphatic carbocycles. The van der Waals surface area contributed by atoms with Crippen molar-refractivity contribution in [3.63, 3.8) is 0 Å². The van der Waals surface area contributed by atoms with Gasteiger partial charge in [-0.25, -0.2) is 12.8 Å². The summed E-state index contributed by atoms with van der Waals surface area (Å²) in [6, 6.07) is 14.0. The summed E-state index contributed by atoms with van der Waals surface area (Å²) in [4.78, 5) is 12.4. The van der Waals surface area contributed by atoms with Gasteiger partial charge in [0.15, 0.2) is 0 Å². The van der Waals surface area contributed by atoms with Crippen molar-refractivity contribution in [2.45, 2.75) is 11.8 Å². The number of benzene rings is 3. The molecule has 30 heavy (non-hydrogen) atoms. The van der Waals surface area contributed by atoms with Gasteiger partial charge < -0.3 is 10.1 Å². The maximum atomic E-state index is 13.5. The van der Waals surface area contributed by atoms with Crippen LogP contribution in [0.3, 0.4) is 0 Å². The molecule has 3 aromatic rings. The van der Waals surface area contributed by atoms with Crippen molar-refractivity contribution >= 4 is 38.9 Å². The highest BCUT2D eigenvalue weighted by atomic mass is 35.5. The summed E-state index contributed by atoms with van der Waals surface area (Å²) >= 11 is 5.95. The SMILES string of the molecule is COc1ccc(Cl)cc1NS(=O)(=O)c1cccc(C(=O)Nc2cc(F)ccc2C)c1. The molecule has 0 aliphatic rings. The number of carbonyl (C=O) groups excluding carboxylic acids is 1. The molecule has 0 spiro atoms. The molecule has 3 aromatic carbocycles. The van der Waals surface area contributed by atoms with E-state index in [-0.39, 0.29) is 16.1 Å². The summed E-state index contributed by atoms with van der Waals surface area (Å²) in [6.07, 6.45) is 0. The van der Waals surface area contributed by atoms with Crippen LogP contribution in [0.15, 0.2) is 65.6 Å². The average molecular weight is 449 g/mol. The third-order valence-electron chi connectivity index (χ3n) is 4.26. The summed E-state index contributed by atoms with van der Waals surface area (Å²) in [5.74, 6) is -0.772. The Morgan fingerprint density at radius 2 is 1.80 bits per heavy atom. The number of carbonyl (C=O) groups is 1. The number of nitrogens with one attached hydrogen (secondary N) is 2. The van der Waals surface area contributed by atoms with Gasteiger partial charge in [0, 0.05) is 16.3 Å². The number of halogens is 2. The molecule has 9 heteroatoms. The molecular weight excluding hydrogens is 431 g/mol. The van der Waals surface area contributed by atoms with Gasteiger partial charge in [-0.1, -0.05) is 23.7 Å². The predicted molar refractivity (Wildman–Crippen MR) is 114 cm³/mol. The molecule has 6 nitrogen and oxygen atoms in total. The highest BCUT2D eigenvalue weighted by Gasteiger charge is 2.19. The van der Waals surface area contributed by atoms with Crippen molar-refractivity contribution in [2.24, 2.45) is 0 Å². The van der Waals surface area contributed by atoms with E-state index in [9.17, 15) is 17.6 Å². The van der Waals surface area contributed by atoms with Crippen LogP contribution in [-0.2, 0) is 10.0 Å². The first kappa shape index (κ1) is 21.6. The zero-order valence-corrected chi connectivity index (χ0v) is 17.6. The first-order chi connectivity index (χ1) is 14.2. The van der Waals surface area contributed by atoms with Gasteiger partial charge >= 0.3 is 0 Å². The molecule has 0 aliphatic heterocycles. The summed E-state index contributed by atoms with van der Waals surface area (Å²) in [5.41, 5.74) is 1.23. The van der Waals surface area contributed by atoms with Crippen LogP contribution in [-0.4, -0.2) is 21.4 Å². The molecule has 3 rings (SSSR count). The lowest BCUT2D eigenvalue weighted by Gasteiger charge is -2.13. The van der Waals surface area contributed by atoms with E-state index in [2.05, 4.69) is 10.0 Å². The molecule has 0 aromatic heterocycles. The number of anilines is 2. The fraction of sp³-hybridized carbons (Fsp3) is 0.0952. The zero-order chi connectivity index (χ0) is 21.9. The normalized spacial score (nSPS) is 11.1. The lowest BCUT2D eigenvalue weighted by molar-refractivity contribution is 0.102. The van der Waals surface area contributed by atoms with Gasteiger partial charge in [0.25, 0.3) is 15.9 Å². The van der Waals surface area contributed by atoms with Gasteiger partial charge in [0.2, 0.25) is 0 Å². The zero-order valence-electron chi connectivity index (χ0n) is 16.1. The quantitative estimate of drug-likeness (QED) is 0.564. The van der Waals surface area contributed by atoms with E-state index in [0.717, 1.165) is 0 Å². The van der Waals surface area contributed by atoms with Gasteiger partial charge in [0.1, 0.15) is 11.6 Å². The fourth-order valence-corrected chi connectivity index (χ4v) is 3.97. The third kappa shape index (κ3) is 4.90. The van der Waals surface area contributed by atoms with Gasteiger partial charge in [-0.05, 0) is 61.0 Å². The van der Waals surface area contributed by atoms with Crippen LogP contribution in [0, 0.1) is 12.7 Å². The van der Waals surface area contributed by atoms with Crippen molar-refractivity contribution in [1.82, 2.24) is 0 Å². The van der Waals surface area contributed by atoms with Crippen LogP contribution in [0.4, 0.5) is 15.8 Å². The van der Waals surface area contributed by atoms with Crippen molar-refractivity contribution < 1.29 is 22.3 Å². The lowest BCUT2D eigenvalue weighted by atomic mass is 10.1. The van der Waals surface area contributed by atoms with Crippen LogP contribution in [0.2, 0.25) is 5.02 Å². The summed E-state index contributed by atoms with van der Waals surface area (Å²) in [7, 11) is -2.63. The molecule has 156 valence electrons. The first-order valence-corrected chi connectivity index (χ1v) is 10.6. The second-order valence-corrected chi connectivity index (χ2v) is 8.51. The van der Waals surface area contributed by atoms with Gasteiger partial charge in [-0.15, -0.1) is 0 Å². The van der Waals surface area contributed by atoms with Gasteiger partial charge in [0.05, 0.1) is 17.7 Å². The summed E-state index contributed by atoms with van der Waals surface area (Å²) in [6.45, 7) is 1.72. The maximum absolute atomic E-state index is 13.5. The van der Waals surface area contributed by atoms with E-state index < -0.39 is 21.7 Å². The molecule has 0 bridgehead atoms. The Bertz CT molecular complexity index is 1220. The third-order valence-corrected chi connectivity index (χ3v) is 5.86. The standard InChI is InChI=1S/C21H18ClFN2O4S/c1-13-6-8-16(23)12-18(13)24-21(26)14-4-3-5-17(10-14)30(27,28)25-19-11-15(22)7-9-20(19)29-2/h3-12,25H,1-2H3,(H,24,26). The number of hydrogen-bond acceptors (Lipinski definition) is 4. The van der Waals surface area contributed by atoms with Crippen molar-refractivity contribution in [3.8, 4) is 5.75 Å². The molecule has 0 fully saturated rings. The number of rotatable bonds is 6. The second-order valence-electron chi connectivity index (χ2n) is 6.39. The van der Waals surface area contributed by atoms with Crippen LogP contribution >= 0.6 is 11.6 Å². The molecule has 0 saturated carbocycles. The largest absolute Gasteiger partial charge is 0.495 e. The number of hydrogen-bond donors (Lipinski definition) is 2. The Morgan fingerprint density at radius 1 is 1.03 bits per heavy atom. The van der Waals surface area contributed by atoms with Crippen LogP contribution in [0.5, 0.6) is 5.75 Å². The Hall–Kier alpha value is -3.10. The number of methoxy groups -OCH3 is 1. The van der Waals surface area contributed by atoms with Gasteiger partial charge in [-0.3, -0.25) is 9.52 Å². The molecule has 2 N–H and O–H groups in total. The topological polar surface area (TPSA) is 84.5 Å². The van der Waals surface area contributed by atoms with E-state index >= 15 is 0 Å².